The largest absolute Gasteiger partial charge is 0.396 e. The first-order valence-corrected chi connectivity index (χ1v) is 3.81. The van der Waals surface area contributed by atoms with Gasteiger partial charge in [-0.3, -0.25) is 0 Å². The molecular formula is C7H17NO2. The fourth-order valence-electron chi connectivity index (χ4n) is 0.617. The molecule has 0 heterocycles. The molecule has 0 spiro atoms. The van der Waals surface area contributed by atoms with Crippen molar-refractivity contribution in [2.45, 2.75) is 25.9 Å². The Morgan fingerprint density at radius 3 is 2.70 bits per heavy atom. The molecule has 0 aromatic heterocycles. The maximum absolute atomic E-state index is 9.03. The van der Waals surface area contributed by atoms with Gasteiger partial charge < -0.3 is 15.5 Å². The Morgan fingerprint density at radius 1 is 1.50 bits per heavy atom. The molecule has 0 aliphatic heterocycles. The molecule has 0 aliphatic carbocycles. The Labute approximate surface area is 62.1 Å². The number of hydrogen-bond acceptors (Lipinski definition) is 3. The summed E-state index contributed by atoms with van der Waals surface area (Å²) in [4.78, 5) is 0. The zero-order valence-electron chi connectivity index (χ0n) is 6.51. The van der Waals surface area contributed by atoms with E-state index in [0.717, 1.165) is 19.4 Å². The maximum Gasteiger partial charge on any atom is 0.0662 e. The highest BCUT2D eigenvalue weighted by molar-refractivity contribution is 4.55. The van der Waals surface area contributed by atoms with Crippen LogP contribution in [0.4, 0.5) is 0 Å². The molecule has 0 saturated heterocycles. The maximum atomic E-state index is 9.03. The fraction of sp³-hybridized carbons (Fsp3) is 1.00. The summed E-state index contributed by atoms with van der Waals surface area (Å²) in [5.74, 6) is 0. The second kappa shape index (κ2) is 6.99. The van der Waals surface area contributed by atoms with Gasteiger partial charge in [-0.05, 0) is 19.4 Å². The Hall–Kier alpha value is -0.120. The lowest BCUT2D eigenvalue weighted by atomic mass is 10.3. The van der Waals surface area contributed by atoms with E-state index in [2.05, 4.69) is 5.32 Å². The van der Waals surface area contributed by atoms with Gasteiger partial charge in [0, 0.05) is 13.2 Å². The lowest BCUT2D eigenvalue weighted by molar-refractivity contribution is 0.166. The smallest absolute Gasteiger partial charge is 0.0662 e. The minimum atomic E-state index is -0.237. The highest BCUT2D eigenvalue weighted by atomic mass is 16.3. The van der Waals surface area contributed by atoms with Crippen LogP contribution in [0.5, 0.6) is 0 Å². The van der Waals surface area contributed by atoms with E-state index in [4.69, 9.17) is 10.2 Å². The summed E-state index contributed by atoms with van der Waals surface area (Å²) in [5.41, 5.74) is 0. The SMILES string of the molecule is CCC(O)CNCCCO. The Morgan fingerprint density at radius 2 is 2.20 bits per heavy atom. The standard InChI is InChI=1S/C7H17NO2/c1-2-7(10)6-8-4-3-5-9/h7-10H,2-6H2,1H3. The van der Waals surface area contributed by atoms with Gasteiger partial charge in [0.25, 0.3) is 0 Å². The normalized spacial score (nSPS) is 13.5. The Kier molecular flexibility index (Phi) is 6.91. The summed E-state index contributed by atoms with van der Waals surface area (Å²) < 4.78 is 0. The molecule has 1 unspecified atom stereocenters. The van der Waals surface area contributed by atoms with E-state index in [0.29, 0.717) is 6.54 Å². The van der Waals surface area contributed by atoms with E-state index in [9.17, 15) is 0 Å². The van der Waals surface area contributed by atoms with E-state index < -0.39 is 0 Å². The van der Waals surface area contributed by atoms with Crippen LogP contribution >= 0.6 is 0 Å². The topological polar surface area (TPSA) is 52.5 Å². The predicted octanol–water partition coefficient (Wildman–Crippen LogP) is -0.271. The van der Waals surface area contributed by atoms with Gasteiger partial charge in [0.15, 0.2) is 0 Å². The number of hydrogen-bond donors (Lipinski definition) is 3. The molecule has 62 valence electrons. The Balaban J connectivity index is 2.89. The molecule has 10 heavy (non-hydrogen) atoms. The van der Waals surface area contributed by atoms with Crippen molar-refractivity contribution in [3.05, 3.63) is 0 Å². The summed E-state index contributed by atoms with van der Waals surface area (Å²) in [7, 11) is 0. The van der Waals surface area contributed by atoms with Gasteiger partial charge in [-0.1, -0.05) is 6.92 Å². The average Bonchev–Trinajstić information content (AvgIpc) is 1.98. The minimum Gasteiger partial charge on any atom is -0.396 e. The average molecular weight is 147 g/mol. The molecule has 0 bridgehead atoms. The lowest BCUT2D eigenvalue weighted by Gasteiger charge is -2.07. The van der Waals surface area contributed by atoms with Crippen LogP contribution in [-0.4, -0.2) is 36.0 Å². The van der Waals surface area contributed by atoms with Crippen LogP contribution in [-0.2, 0) is 0 Å². The molecule has 3 N–H and O–H groups in total. The van der Waals surface area contributed by atoms with Crippen LogP contribution < -0.4 is 5.32 Å². The first kappa shape index (κ1) is 9.88. The molecule has 0 aliphatic rings. The summed E-state index contributed by atoms with van der Waals surface area (Å²) in [6.07, 6.45) is 1.31. The van der Waals surface area contributed by atoms with Crippen molar-refractivity contribution in [2.75, 3.05) is 19.7 Å². The van der Waals surface area contributed by atoms with Gasteiger partial charge in [0.1, 0.15) is 0 Å². The number of nitrogens with one attached hydrogen (secondary N) is 1. The summed E-state index contributed by atoms with van der Waals surface area (Å²) in [5, 5.41) is 20.4. The molecule has 0 aromatic carbocycles. The van der Waals surface area contributed by atoms with Gasteiger partial charge in [-0.25, -0.2) is 0 Å². The van der Waals surface area contributed by atoms with Crippen molar-refractivity contribution in [3.8, 4) is 0 Å². The second-order valence-corrected chi connectivity index (χ2v) is 2.34. The zero-order chi connectivity index (χ0) is 7.82. The van der Waals surface area contributed by atoms with Gasteiger partial charge in [-0.2, -0.15) is 0 Å². The molecular weight excluding hydrogens is 130 g/mol. The van der Waals surface area contributed by atoms with Crippen molar-refractivity contribution in [1.82, 2.24) is 5.32 Å². The van der Waals surface area contributed by atoms with Crippen LogP contribution in [0.3, 0.4) is 0 Å². The third-order valence-corrected chi connectivity index (χ3v) is 1.36. The van der Waals surface area contributed by atoms with Crippen LogP contribution in [0.15, 0.2) is 0 Å². The zero-order valence-corrected chi connectivity index (χ0v) is 6.51. The van der Waals surface area contributed by atoms with Crippen molar-refractivity contribution in [2.24, 2.45) is 0 Å². The van der Waals surface area contributed by atoms with Crippen LogP contribution in [0, 0.1) is 0 Å². The van der Waals surface area contributed by atoms with E-state index in [1.165, 1.54) is 0 Å². The first-order valence-electron chi connectivity index (χ1n) is 3.81. The van der Waals surface area contributed by atoms with E-state index in [1.807, 2.05) is 6.92 Å². The van der Waals surface area contributed by atoms with Gasteiger partial charge in [0.2, 0.25) is 0 Å². The van der Waals surface area contributed by atoms with E-state index >= 15 is 0 Å². The summed E-state index contributed by atoms with van der Waals surface area (Å²) in [6.45, 7) is 3.58. The third kappa shape index (κ3) is 6.01. The number of aliphatic hydroxyl groups is 2. The predicted molar refractivity (Wildman–Crippen MR) is 40.9 cm³/mol. The van der Waals surface area contributed by atoms with Crippen LogP contribution in [0.1, 0.15) is 19.8 Å². The van der Waals surface area contributed by atoms with Gasteiger partial charge >= 0.3 is 0 Å². The number of rotatable bonds is 6. The first-order chi connectivity index (χ1) is 4.81. The highest BCUT2D eigenvalue weighted by Gasteiger charge is 1.97. The van der Waals surface area contributed by atoms with Crippen molar-refractivity contribution in [3.63, 3.8) is 0 Å². The molecule has 0 radical (unpaired) electrons. The lowest BCUT2D eigenvalue weighted by Crippen LogP contribution is -2.27. The van der Waals surface area contributed by atoms with Gasteiger partial charge in [-0.15, -0.1) is 0 Å². The highest BCUT2D eigenvalue weighted by Crippen LogP contribution is 1.85. The molecule has 0 amide bonds. The van der Waals surface area contributed by atoms with Crippen LogP contribution in [0.25, 0.3) is 0 Å². The van der Waals surface area contributed by atoms with Crippen molar-refractivity contribution in [1.29, 1.82) is 0 Å². The quantitative estimate of drug-likeness (QED) is 0.453. The molecule has 0 fully saturated rings. The molecule has 0 aromatic rings. The summed E-state index contributed by atoms with van der Waals surface area (Å²) >= 11 is 0. The second-order valence-electron chi connectivity index (χ2n) is 2.34. The van der Waals surface area contributed by atoms with Crippen molar-refractivity contribution < 1.29 is 10.2 Å². The van der Waals surface area contributed by atoms with Gasteiger partial charge in [0.05, 0.1) is 6.10 Å². The molecule has 1 atom stereocenters. The molecule has 3 heteroatoms. The monoisotopic (exact) mass is 147 g/mol. The molecule has 0 rings (SSSR count). The van der Waals surface area contributed by atoms with Crippen LogP contribution in [0.2, 0.25) is 0 Å². The van der Waals surface area contributed by atoms with Crippen molar-refractivity contribution >= 4 is 0 Å². The fourth-order valence-corrected chi connectivity index (χ4v) is 0.617. The third-order valence-electron chi connectivity index (χ3n) is 1.36. The molecule has 0 saturated carbocycles. The minimum absolute atomic E-state index is 0.217. The summed E-state index contributed by atoms with van der Waals surface area (Å²) in [6, 6.07) is 0. The van der Waals surface area contributed by atoms with E-state index in [1.54, 1.807) is 0 Å². The Bertz CT molecular complexity index is 68.6. The molecule has 3 nitrogen and oxygen atoms in total. The number of aliphatic hydroxyl groups excluding tert-OH is 2. The van der Waals surface area contributed by atoms with E-state index in [-0.39, 0.29) is 12.7 Å².